The zero-order chi connectivity index (χ0) is 19.6. The van der Waals surface area contributed by atoms with Gasteiger partial charge in [-0.3, -0.25) is 9.89 Å². The van der Waals surface area contributed by atoms with Gasteiger partial charge in [0.05, 0.1) is 11.4 Å². The monoisotopic (exact) mass is 365 g/mol. The third-order valence-electron chi connectivity index (χ3n) is 3.78. The maximum Gasteiger partial charge on any atom is 0.263 e. The minimum Gasteiger partial charge on any atom is -0.492 e. The number of aromatic amines is 1. The highest BCUT2D eigenvalue weighted by molar-refractivity contribution is 5.75. The molecule has 0 radical (unpaired) electrons. The smallest absolute Gasteiger partial charge is 0.263 e. The number of azo groups is 1. The molecule has 0 aliphatic carbocycles. The first-order valence-electron chi connectivity index (χ1n) is 7.93. The molecule has 0 saturated carbocycles. The Labute approximate surface area is 153 Å². The van der Waals surface area contributed by atoms with Gasteiger partial charge in [0.1, 0.15) is 17.9 Å². The van der Waals surface area contributed by atoms with Crippen molar-refractivity contribution in [3.8, 4) is 23.5 Å². The van der Waals surface area contributed by atoms with Crippen LogP contribution in [-0.2, 0) is 0 Å². The van der Waals surface area contributed by atoms with Crippen LogP contribution in [0.3, 0.4) is 0 Å². The summed E-state index contributed by atoms with van der Waals surface area (Å²) in [5, 5.41) is 47.7. The summed E-state index contributed by atoms with van der Waals surface area (Å²) in [6.45, 7) is 3.77. The van der Waals surface area contributed by atoms with Crippen molar-refractivity contribution in [3.05, 3.63) is 41.1 Å². The molecule has 0 atom stereocenters. The van der Waals surface area contributed by atoms with E-state index in [0.29, 0.717) is 23.2 Å². The number of hydrogen-bond donors (Lipinski definition) is 3. The molecule has 3 N–H and O–H groups in total. The molecular weight excluding hydrogens is 350 g/mol. The summed E-state index contributed by atoms with van der Waals surface area (Å²) < 4.78 is 1.05. The first-order chi connectivity index (χ1) is 13.0. The molecule has 0 bridgehead atoms. The van der Waals surface area contributed by atoms with Crippen molar-refractivity contribution in [2.24, 2.45) is 10.2 Å². The van der Waals surface area contributed by atoms with E-state index in [0.717, 1.165) is 4.68 Å². The molecule has 2 aromatic heterocycles. The quantitative estimate of drug-likeness (QED) is 0.466. The molecule has 10 nitrogen and oxygen atoms in total. The molecule has 3 aromatic rings. The number of nitriles is 1. The molecule has 2 heterocycles. The van der Waals surface area contributed by atoms with E-state index in [4.69, 9.17) is 0 Å². The summed E-state index contributed by atoms with van der Waals surface area (Å²) in [6.07, 6.45) is 0.687. The van der Waals surface area contributed by atoms with Crippen molar-refractivity contribution in [3.63, 3.8) is 0 Å². The minimum absolute atomic E-state index is 0.0127. The Hall–Kier alpha value is -4.00. The molecule has 136 valence electrons. The second-order valence-electron chi connectivity index (χ2n) is 5.92. The Bertz CT molecular complexity index is 1060. The Kier molecular flexibility index (Phi) is 4.68. The number of nitrogens with zero attached hydrogens (tertiary/aromatic N) is 6. The van der Waals surface area contributed by atoms with E-state index < -0.39 is 11.8 Å². The number of carbonyl (C=O) groups excluding carboxylic acids is 1. The number of benzene rings is 1. The minimum atomic E-state index is -0.544. The molecule has 0 spiro atoms. The Morgan fingerprint density at radius 1 is 1.26 bits per heavy atom. The Balaban J connectivity index is 1.97. The van der Waals surface area contributed by atoms with Crippen LogP contribution in [-0.4, -0.2) is 36.5 Å². The van der Waals surface area contributed by atoms with E-state index in [2.05, 4.69) is 25.5 Å². The zero-order valence-electron chi connectivity index (χ0n) is 14.5. The average Bonchev–Trinajstić information content (AvgIpc) is 3.21. The Morgan fingerprint density at radius 3 is 2.56 bits per heavy atom. The molecular formula is C17H15N7O3. The fraction of sp³-hybridized carbons (Fsp3) is 0.176. The largest absolute Gasteiger partial charge is 0.492 e. The van der Waals surface area contributed by atoms with E-state index in [1.54, 1.807) is 24.3 Å². The van der Waals surface area contributed by atoms with Gasteiger partial charge in [-0.1, -0.05) is 13.8 Å². The number of carbonyl (C=O) groups is 1. The van der Waals surface area contributed by atoms with Gasteiger partial charge in [-0.2, -0.15) is 15.0 Å². The number of H-pyrrole nitrogens is 1. The van der Waals surface area contributed by atoms with E-state index in [1.807, 2.05) is 19.9 Å². The van der Waals surface area contributed by atoms with Crippen LogP contribution in [0, 0.1) is 11.3 Å². The van der Waals surface area contributed by atoms with Crippen molar-refractivity contribution in [1.29, 1.82) is 5.26 Å². The maximum atomic E-state index is 10.7. The number of nitrogens with one attached hydrogen (secondary N) is 1. The molecule has 0 amide bonds. The average molecular weight is 365 g/mol. The SMILES string of the molecule is CC(C)c1n[nH]c(/N=N/c2c(O)nn(-c3ccc(C=O)cc3)c2O)c1C#N. The van der Waals surface area contributed by atoms with Crippen LogP contribution in [0.15, 0.2) is 34.5 Å². The molecule has 3 rings (SSSR count). The second kappa shape index (κ2) is 7.09. The summed E-state index contributed by atoms with van der Waals surface area (Å²) in [4.78, 5) is 10.7. The van der Waals surface area contributed by atoms with Crippen molar-refractivity contribution in [2.75, 3.05) is 0 Å². The first kappa shape index (κ1) is 17.8. The summed E-state index contributed by atoms with van der Waals surface area (Å²) in [6, 6.07) is 8.19. The number of rotatable bonds is 5. The van der Waals surface area contributed by atoms with Gasteiger partial charge in [0, 0.05) is 5.56 Å². The van der Waals surface area contributed by atoms with Crippen molar-refractivity contribution >= 4 is 17.8 Å². The lowest BCUT2D eigenvalue weighted by Crippen LogP contribution is -1.95. The number of aromatic nitrogens is 4. The van der Waals surface area contributed by atoms with Gasteiger partial charge in [0.2, 0.25) is 11.6 Å². The molecule has 0 aliphatic rings. The van der Waals surface area contributed by atoms with Crippen LogP contribution >= 0.6 is 0 Å². The van der Waals surface area contributed by atoms with Gasteiger partial charge in [0.25, 0.3) is 5.88 Å². The van der Waals surface area contributed by atoms with Crippen LogP contribution < -0.4 is 0 Å². The molecule has 0 fully saturated rings. The van der Waals surface area contributed by atoms with Crippen LogP contribution in [0.1, 0.15) is 41.4 Å². The van der Waals surface area contributed by atoms with Gasteiger partial charge in [-0.05, 0) is 30.2 Å². The van der Waals surface area contributed by atoms with Gasteiger partial charge >= 0.3 is 0 Å². The fourth-order valence-corrected chi connectivity index (χ4v) is 2.40. The van der Waals surface area contributed by atoms with Crippen LogP contribution in [0.4, 0.5) is 11.5 Å². The lowest BCUT2D eigenvalue weighted by atomic mass is 10.1. The van der Waals surface area contributed by atoms with Gasteiger partial charge in [0.15, 0.2) is 5.82 Å². The van der Waals surface area contributed by atoms with E-state index in [9.17, 15) is 20.3 Å². The normalized spacial score (nSPS) is 11.2. The molecule has 27 heavy (non-hydrogen) atoms. The van der Waals surface area contributed by atoms with E-state index >= 15 is 0 Å². The number of hydrogen-bond acceptors (Lipinski definition) is 8. The van der Waals surface area contributed by atoms with Crippen molar-refractivity contribution < 1.29 is 15.0 Å². The molecule has 0 aliphatic heterocycles. The predicted octanol–water partition coefficient (Wildman–Crippen LogP) is 3.23. The van der Waals surface area contributed by atoms with E-state index in [-0.39, 0.29) is 23.0 Å². The van der Waals surface area contributed by atoms with Crippen molar-refractivity contribution in [1.82, 2.24) is 20.0 Å². The molecule has 1 aromatic carbocycles. The van der Waals surface area contributed by atoms with Crippen LogP contribution in [0.2, 0.25) is 0 Å². The highest BCUT2D eigenvalue weighted by atomic mass is 16.3. The van der Waals surface area contributed by atoms with Crippen molar-refractivity contribution in [2.45, 2.75) is 19.8 Å². The standard InChI is InChI=1S/C17H15N7O3/c1-9(2)13-12(7-18)15(21-19-13)22-20-14-16(26)23-24(17(14)27)11-5-3-10(8-25)4-6-11/h3-6,8-9,27H,1-2H3,(H,19,21)(H,23,26)/b22-20+. The summed E-state index contributed by atoms with van der Waals surface area (Å²) >= 11 is 0. The zero-order valence-corrected chi connectivity index (χ0v) is 14.5. The molecule has 0 saturated heterocycles. The fourth-order valence-electron chi connectivity index (χ4n) is 2.40. The topological polar surface area (TPSA) is 153 Å². The van der Waals surface area contributed by atoms with Gasteiger partial charge in [-0.15, -0.1) is 15.3 Å². The van der Waals surface area contributed by atoms with Gasteiger partial charge < -0.3 is 10.2 Å². The van der Waals surface area contributed by atoms with Crippen LogP contribution in [0.5, 0.6) is 11.8 Å². The lowest BCUT2D eigenvalue weighted by Gasteiger charge is -2.02. The number of aromatic hydroxyl groups is 2. The van der Waals surface area contributed by atoms with Gasteiger partial charge in [-0.25, -0.2) is 0 Å². The van der Waals surface area contributed by atoms with E-state index in [1.165, 1.54) is 0 Å². The van der Waals surface area contributed by atoms with Crippen LogP contribution in [0.25, 0.3) is 5.69 Å². The predicted molar refractivity (Wildman–Crippen MR) is 93.8 cm³/mol. The Morgan fingerprint density at radius 2 is 1.96 bits per heavy atom. The molecule has 0 unspecified atom stereocenters. The second-order valence-corrected chi connectivity index (χ2v) is 5.92. The summed E-state index contributed by atoms with van der Waals surface area (Å²) in [5.74, 6) is -0.864. The summed E-state index contributed by atoms with van der Waals surface area (Å²) in [7, 11) is 0. The first-order valence-corrected chi connectivity index (χ1v) is 7.93. The summed E-state index contributed by atoms with van der Waals surface area (Å²) in [5.41, 5.74) is 1.39. The highest BCUT2D eigenvalue weighted by Gasteiger charge is 2.20. The third-order valence-corrected chi connectivity index (χ3v) is 3.78. The number of aldehydes is 1. The maximum absolute atomic E-state index is 10.7. The lowest BCUT2D eigenvalue weighted by molar-refractivity contribution is 0.112. The third kappa shape index (κ3) is 3.25. The molecule has 10 heteroatoms. The highest BCUT2D eigenvalue weighted by Crippen LogP contribution is 2.38.